The molecule has 2 aromatic carbocycles. The van der Waals surface area contributed by atoms with Gasteiger partial charge in [-0.1, -0.05) is 28.1 Å². The summed E-state index contributed by atoms with van der Waals surface area (Å²) in [5.41, 5.74) is 2.36. The fraction of sp³-hybridized carbons (Fsp3) is 0.0625. The van der Waals surface area contributed by atoms with E-state index in [1.165, 1.54) is 12.1 Å². The fourth-order valence-corrected chi connectivity index (χ4v) is 2.93. The van der Waals surface area contributed by atoms with Crippen molar-refractivity contribution in [3.05, 3.63) is 70.1 Å². The summed E-state index contributed by atoms with van der Waals surface area (Å²) in [7, 11) is 0. The van der Waals surface area contributed by atoms with E-state index in [1.54, 1.807) is 6.07 Å². The zero-order chi connectivity index (χ0) is 14.1. The highest BCUT2D eigenvalue weighted by molar-refractivity contribution is 9.10. The summed E-state index contributed by atoms with van der Waals surface area (Å²) in [5, 5.41) is 1.00. The molecule has 2 nitrogen and oxygen atoms in total. The highest BCUT2D eigenvalue weighted by atomic mass is 79.9. The molecule has 20 heavy (non-hydrogen) atoms. The quantitative estimate of drug-likeness (QED) is 0.652. The molecule has 1 heterocycles. The Labute approximate surface area is 124 Å². The van der Waals surface area contributed by atoms with Gasteiger partial charge in [0.1, 0.15) is 5.82 Å². The number of para-hydroxylation sites is 1. The van der Waals surface area contributed by atoms with E-state index >= 15 is 0 Å². The van der Waals surface area contributed by atoms with Gasteiger partial charge in [0, 0.05) is 28.2 Å². The van der Waals surface area contributed by atoms with Gasteiger partial charge in [0.05, 0.1) is 5.52 Å². The molecule has 3 rings (SSSR count). The second kappa shape index (κ2) is 5.21. The Hall–Kier alpha value is -1.94. The molecule has 0 aliphatic rings. The van der Waals surface area contributed by atoms with Crippen LogP contribution in [0.25, 0.3) is 10.9 Å². The lowest BCUT2D eigenvalue weighted by Gasteiger charge is -2.08. The maximum atomic E-state index is 13.4. The number of benzene rings is 2. The SMILES string of the molecule is O=Cc1cccc2ccn(Cc3cc(F)cc(Br)c3)c12. The predicted molar refractivity (Wildman–Crippen MR) is 80.5 cm³/mol. The molecule has 0 bridgehead atoms. The number of rotatable bonds is 3. The average molecular weight is 332 g/mol. The Bertz CT molecular complexity index is 774. The Morgan fingerprint density at radius 1 is 1.20 bits per heavy atom. The number of aromatic nitrogens is 1. The molecule has 0 radical (unpaired) electrons. The molecule has 0 unspecified atom stereocenters. The number of hydrogen-bond donors (Lipinski definition) is 0. The van der Waals surface area contributed by atoms with Crippen LogP contribution < -0.4 is 0 Å². The van der Waals surface area contributed by atoms with Gasteiger partial charge >= 0.3 is 0 Å². The summed E-state index contributed by atoms with van der Waals surface area (Å²) in [5.74, 6) is -0.276. The minimum Gasteiger partial charge on any atom is -0.342 e. The zero-order valence-corrected chi connectivity index (χ0v) is 12.1. The van der Waals surface area contributed by atoms with E-state index < -0.39 is 0 Å². The molecule has 0 spiro atoms. The summed E-state index contributed by atoms with van der Waals surface area (Å²) in [6, 6.07) is 12.4. The Kier molecular flexibility index (Phi) is 3.40. The summed E-state index contributed by atoms with van der Waals surface area (Å²) in [6.45, 7) is 0.519. The van der Waals surface area contributed by atoms with Crippen molar-refractivity contribution in [2.24, 2.45) is 0 Å². The van der Waals surface area contributed by atoms with Crippen LogP contribution in [0.3, 0.4) is 0 Å². The molecule has 3 aromatic rings. The molecule has 0 aliphatic heterocycles. The molecule has 0 aliphatic carbocycles. The van der Waals surface area contributed by atoms with Gasteiger partial charge in [-0.3, -0.25) is 4.79 Å². The first-order chi connectivity index (χ1) is 9.67. The number of fused-ring (bicyclic) bond motifs is 1. The third-order valence-corrected chi connectivity index (χ3v) is 3.68. The zero-order valence-electron chi connectivity index (χ0n) is 10.5. The number of hydrogen-bond acceptors (Lipinski definition) is 1. The van der Waals surface area contributed by atoms with E-state index in [0.29, 0.717) is 16.6 Å². The first-order valence-electron chi connectivity index (χ1n) is 6.15. The molecule has 0 N–H and O–H groups in total. The fourth-order valence-electron chi connectivity index (χ4n) is 2.42. The lowest BCUT2D eigenvalue weighted by Crippen LogP contribution is -2.00. The third kappa shape index (κ3) is 2.39. The maximum absolute atomic E-state index is 13.4. The van der Waals surface area contributed by atoms with Crippen LogP contribution in [-0.2, 0) is 6.54 Å². The summed E-state index contributed by atoms with van der Waals surface area (Å²) in [6.07, 6.45) is 2.76. The molecular formula is C16H11BrFNO. The molecule has 0 fully saturated rings. The van der Waals surface area contributed by atoms with Crippen molar-refractivity contribution in [2.75, 3.05) is 0 Å². The lowest BCUT2D eigenvalue weighted by atomic mass is 10.1. The van der Waals surface area contributed by atoms with Gasteiger partial charge in [-0.05, 0) is 35.9 Å². The second-order valence-corrected chi connectivity index (χ2v) is 5.54. The average Bonchev–Trinajstić information content (AvgIpc) is 2.81. The first kappa shape index (κ1) is 13.1. The Balaban J connectivity index is 2.08. The minimum atomic E-state index is -0.276. The molecular weight excluding hydrogens is 321 g/mol. The molecule has 0 saturated heterocycles. The molecule has 100 valence electrons. The third-order valence-electron chi connectivity index (χ3n) is 3.22. The van der Waals surface area contributed by atoms with E-state index in [1.807, 2.05) is 35.0 Å². The predicted octanol–water partition coefficient (Wildman–Crippen LogP) is 4.40. The summed E-state index contributed by atoms with van der Waals surface area (Å²) < 4.78 is 16.1. The minimum absolute atomic E-state index is 0.276. The molecule has 0 atom stereocenters. The maximum Gasteiger partial charge on any atom is 0.152 e. The van der Waals surface area contributed by atoms with Crippen molar-refractivity contribution in [3.8, 4) is 0 Å². The normalized spacial score (nSPS) is 10.9. The van der Waals surface area contributed by atoms with Crippen LogP contribution in [0.1, 0.15) is 15.9 Å². The van der Waals surface area contributed by atoms with Gasteiger partial charge in [0.15, 0.2) is 6.29 Å². The van der Waals surface area contributed by atoms with Crippen LogP contribution >= 0.6 is 15.9 Å². The number of carbonyl (C=O) groups excluding carboxylic acids is 1. The number of halogens is 2. The van der Waals surface area contributed by atoms with Gasteiger partial charge in [-0.25, -0.2) is 4.39 Å². The van der Waals surface area contributed by atoms with E-state index in [-0.39, 0.29) is 5.82 Å². The van der Waals surface area contributed by atoms with Crippen molar-refractivity contribution < 1.29 is 9.18 Å². The van der Waals surface area contributed by atoms with E-state index in [2.05, 4.69) is 15.9 Å². The lowest BCUT2D eigenvalue weighted by molar-refractivity contribution is 0.112. The van der Waals surface area contributed by atoms with Crippen molar-refractivity contribution in [2.45, 2.75) is 6.54 Å². The highest BCUT2D eigenvalue weighted by Crippen LogP contribution is 2.22. The Morgan fingerprint density at radius 3 is 2.80 bits per heavy atom. The van der Waals surface area contributed by atoms with Crippen molar-refractivity contribution in [1.29, 1.82) is 0 Å². The summed E-state index contributed by atoms with van der Waals surface area (Å²) in [4.78, 5) is 11.2. The van der Waals surface area contributed by atoms with Crippen LogP contribution in [0.4, 0.5) is 4.39 Å². The van der Waals surface area contributed by atoms with Gasteiger partial charge in [-0.15, -0.1) is 0 Å². The largest absolute Gasteiger partial charge is 0.342 e. The summed E-state index contributed by atoms with van der Waals surface area (Å²) >= 11 is 3.29. The first-order valence-corrected chi connectivity index (χ1v) is 6.95. The molecule has 0 amide bonds. The molecule has 0 saturated carbocycles. The monoisotopic (exact) mass is 331 g/mol. The Morgan fingerprint density at radius 2 is 2.05 bits per heavy atom. The smallest absolute Gasteiger partial charge is 0.152 e. The van der Waals surface area contributed by atoms with Gasteiger partial charge < -0.3 is 4.57 Å². The highest BCUT2D eigenvalue weighted by Gasteiger charge is 2.07. The number of nitrogens with zero attached hydrogens (tertiary/aromatic N) is 1. The number of carbonyl (C=O) groups is 1. The molecule has 4 heteroatoms. The van der Waals surface area contributed by atoms with Crippen LogP contribution in [0, 0.1) is 5.82 Å². The van der Waals surface area contributed by atoms with E-state index in [9.17, 15) is 9.18 Å². The van der Waals surface area contributed by atoms with Crippen molar-refractivity contribution >= 4 is 33.1 Å². The van der Waals surface area contributed by atoms with Gasteiger partial charge in [0.2, 0.25) is 0 Å². The van der Waals surface area contributed by atoms with Crippen molar-refractivity contribution in [3.63, 3.8) is 0 Å². The van der Waals surface area contributed by atoms with Crippen LogP contribution in [0.15, 0.2) is 53.1 Å². The second-order valence-electron chi connectivity index (χ2n) is 4.62. The standard InChI is InChI=1S/C16H11BrFNO/c17-14-6-11(7-15(18)8-14)9-19-5-4-12-2-1-3-13(10-20)16(12)19/h1-8,10H,9H2. The topological polar surface area (TPSA) is 22.0 Å². The van der Waals surface area contributed by atoms with E-state index in [0.717, 1.165) is 22.8 Å². The van der Waals surface area contributed by atoms with Crippen LogP contribution in [0.2, 0.25) is 0 Å². The van der Waals surface area contributed by atoms with Crippen molar-refractivity contribution in [1.82, 2.24) is 4.57 Å². The van der Waals surface area contributed by atoms with Crippen LogP contribution in [0.5, 0.6) is 0 Å². The number of aldehydes is 1. The van der Waals surface area contributed by atoms with Crippen LogP contribution in [-0.4, -0.2) is 10.9 Å². The van der Waals surface area contributed by atoms with Gasteiger partial charge in [0.25, 0.3) is 0 Å². The molecule has 1 aromatic heterocycles. The van der Waals surface area contributed by atoms with E-state index in [4.69, 9.17) is 0 Å². The van der Waals surface area contributed by atoms with Gasteiger partial charge in [-0.2, -0.15) is 0 Å².